The molecule has 1 amide bonds. The van der Waals surface area contributed by atoms with Gasteiger partial charge in [0.1, 0.15) is 11.4 Å². The van der Waals surface area contributed by atoms with Crippen molar-refractivity contribution in [3.63, 3.8) is 0 Å². The zero-order chi connectivity index (χ0) is 13.2. The van der Waals surface area contributed by atoms with Crippen molar-refractivity contribution in [1.29, 1.82) is 0 Å². The Balaban J connectivity index is 1.93. The monoisotopic (exact) mass is 258 g/mol. The fourth-order valence-electron chi connectivity index (χ4n) is 1.87. The highest BCUT2D eigenvalue weighted by Crippen LogP contribution is 2.33. The highest BCUT2D eigenvalue weighted by atomic mass is 16.5. The Morgan fingerprint density at radius 2 is 2.16 bits per heavy atom. The van der Waals surface area contributed by atoms with Crippen molar-refractivity contribution in [1.82, 2.24) is 15.4 Å². The lowest BCUT2D eigenvalue weighted by Gasteiger charge is -2.09. The number of aromatic nitrogens is 3. The Hall–Kier alpha value is -2.37. The molecule has 1 aromatic carbocycles. The van der Waals surface area contributed by atoms with Gasteiger partial charge in [-0.3, -0.25) is 4.79 Å². The van der Waals surface area contributed by atoms with Crippen LogP contribution in [0.3, 0.4) is 0 Å². The van der Waals surface area contributed by atoms with Crippen LogP contribution in [0.25, 0.3) is 11.3 Å². The Morgan fingerprint density at radius 3 is 2.89 bits per heavy atom. The highest BCUT2D eigenvalue weighted by Gasteiger charge is 2.23. The summed E-state index contributed by atoms with van der Waals surface area (Å²) in [7, 11) is 0. The van der Waals surface area contributed by atoms with Gasteiger partial charge < -0.3 is 10.5 Å². The van der Waals surface area contributed by atoms with E-state index >= 15 is 0 Å². The van der Waals surface area contributed by atoms with Gasteiger partial charge in [0.05, 0.1) is 6.61 Å². The summed E-state index contributed by atoms with van der Waals surface area (Å²) >= 11 is 0. The first kappa shape index (κ1) is 11.7. The predicted molar refractivity (Wildman–Crippen MR) is 68.6 cm³/mol. The van der Waals surface area contributed by atoms with Crippen LogP contribution in [0.4, 0.5) is 0 Å². The van der Waals surface area contributed by atoms with Gasteiger partial charge >= 0.3 is 0 Å². The van der Waals surface area contributed by atoms with Crippen molar-refractivity contribution in [3.8, 4) is 17.0 Å². The van der Waals surface area contributed by atoms with Crippen molar-refractivity contribution in [3.05, 3.63) is 30.0 Å². The second-order valence-electron chi connectivity index (χ2n) is 4.64. The van der Waals surface area contributed by atoms with E-state index in [1.165, 1.54) is 12.8 Å². The Bertz CT molecular complexity index is 604. The lowest BCUT2D eigenvalue weighted by Crippen LogP contribution is -2.13. The maximum absolute atomic E-state index is 11.3. The number of primary amides is 1. The van der Waals surface area contributed by atoms with Gasteiger partial charge in [0, 0.05) is 5.56 Å². The number of rotatable bonds is 5. The predicted octanol–water partition coefficient (Wildman–Crippen LogP) is 1.36. The number of nitrogens with zero attached hydrogens (tertiary/aromatic N) is 2. The van der Waals surface area contributed by atoms with Gasteiger partial charge in [-0.1, -0.05) is 12.1 Å². The lowest BCUT2D eigenvalue weighted by molar-refractivity contribution is 0.0996. The summed E-state index contributed by atoms with van der Waals surface area (Å²) in [6.07, 6.45) is 2.44. The third-order valence-corrected chi connectivity index (χ3v) is 3.09. The maximum atomic E-state index is 11.3. The van der Waals surface area contributed by atoms with Crippen molar-refractivity contribution in [2.75, 3.05) is 6.61 Å². The average Bonchev–Trinajstić information content (AvgIpc) is 3.11. The van der Waals surface area contributed by atoms with E-state index in [9.17, 15) is 4.79 Å². The van der Waals surface area contributed by atoms with E-state index < -0.39 is 5.91 Å². The van der Waals surface area contributed by atoms with E-state index in [4.69, 9.17) is 10.5 Å². The van der Waals surface area contributed by atoms with Crippen LogP contribution in [0.1, 0.15) is 23.3 Å². The number of para-hydroxylation sites is 1. The van der Waals surface area contributed by atoms with Crippen LogP contribution in [0.5, 0.6) is 5.75 Å². The molecule has 0 unspecified atom stereocenters. The minimum atomic E-state index is -0.610. The molecule has 1 aliphatic rings. The van der Waals surface area contributed by atoms with E-state index in [-0.39, 0.29) is 5.69 Å². The molecule has 3 rings (SSSR count). The molecule has 98 valence electrons. The zero-order valence-corrected chi connectivity index (χ0v) is 10.3. The van der Waals surface area contributed by atoms with Gasteiger partial charge in [-0.25, -0.2) is 0 Å². The number of H-pyrrole nitrogens is 1. The molecular weight excluding hydrogens is 244 g/mol. The van der Waals surface area contributed by atoms with E-state index in [1.807, 2.05) is 24.3 Å². The first-order chi connectivity index (χ1) is 9.25. The summed E-state index contributed by atoms with van der Waals surface area (Å²) in [5, 5.41) is 10.2. The van der Waals surface area contributed by atoms with E-state index in [0.29, 0.717) is 24.0 Å². The first-order valence-electron chi connectivity index (χ1n) is 6.18. The molecule has 0 bridgehead atoms. The minimum absolute atomic E-state index is 0.127. The molecule has 6 nitrogen and oxygen atoms in total. The van der Waals surface area contributed by atoms with Crippen LogP contribution in [-0.4, -0.2) is 27.9 Å². The van der Waals surface area contributed by atoms with Crippen LogP contribution in [-0.2, 0) is 0 Å². The third-order valence-electron chi connectivity index (χ3n) is 3.09. The van der Waals surface area contributed by atoms with Crippen LogP contribution < -0.4 is 10.5 Å². The smallest absolute Gasteiger partial charge is 0.271 e. The van der Waals surface area contributed by atoms with Crippen molar-refractivity contribution < 1.29 is 9.53 Å². The molecule has 1 saturated carbocycles. The number of carbonyl (C=O) groups is 1. The van der Waals surface area contributed by atoms with Gasteiger partial charge in [0.2, 0.25) is 0 Å². The summed E-state index contributed by atoms with van der Waals surface area (Å²) < 4.78 is 5.79. The summed E-state index contributed by atoms with van der Waals surface area (Å²) in [6.45, 7) is 0.695. The molecule has 19 heavy (non-hydrogen) atoms. The number of hydrogen-bond acceptors (Lipinski definition) is 4. The standard InChI is InChI=1S/C13H14N4O2/c14-13(18)12-11(15-17-16-12)9-3-1-2-4-10(9)19-7-8-5-6-8/h1-4,8H,5-7H2,(H2,14,18)(H,15,16,17). The topological polar surface area (TPSA) is 93.9 Å². The molecule has 3 N–H and O–H groups in total. The molecule has 1 heterocycles. The van der Waals surface area contributed by atoms with E-state index in [1.54, 1.807) is 0 Å². The number of ether oxygens (including phenoxy) is 1. The average molecular weight is 258 g/mol. The molecule has 0 saturated heterocycles. The summed E-state index contributed by atoms with van der Waals surface area (Å²) in [6, 6.07) is 7.44. The molecule has 0 atom stereocenters. The second-order valence-corrected chi connectivity index (χ2v) is 4.64. The summed E-state index contributed by atoms with van der Waals surface area (Å²) in [4.78, 5) is 11.3. The Kier molecular flexibility index (Phi) is 2.91. The Labute approximate surface area is 110 Å². The fourth-order valence-corrected chi connectivity index (χ4v) is 1.87. The molecule has 6 heteroatoms. The lowest BCUT2D eigenvalue weighted by atomic mass is 10.1. The van der Waals surface area contributed by atoms with Gasteiger partial charge in [0.25, 0.3) is 5.91 Å². The number of aromatic amines is 1. The molecule has 1 fully saturated rings. The Morgan fingerprint density at radius 1 is 1.37 bits per heavy atom. The third kappa shape index (κ3) is 2.42. The zero-order valence-electron chi connectivity index (χ0n) is 10.3. The van der Waals surface area contributed by atoms with Crippen molar-refractivity contribution in [2.45, 2.75) is 12.8 Å². The molecule has 0 radical (unpaired) electrons. The number of hydrogen-bond donors (Lipinski definition) is 2. The van der Waals surface area contributed by atoms with Crippen LogP contribution in [0.2, 0.25) is 0 Å². The molecule has 1 aromatic heterocycles. The van der Waals surface area contributed by atoms with Crippen LogP contribution in [0.15, 0.2) is 24.3 Å². The number of amides is 1. The molecule has 0 spiro atoms. The van der Waals surface area contributed by atoms with E-state index in [2.05, 4.69) is 15.4 Å². The minimum Gasteiger partial charge on any atom is -0.493 e. The first-order valence-corrected chi connectivity index (χ1v) is 6.18. The van der Waals surface area contributed by atoms with Crippen LogP contribution >= 0.6 is 0 Å². The normalized spacial score (nSPS) is 14.3. The van der Waals surface area contributed by atoms with Crippen LogP contribution in [0, 0.1) is 5.92 Å². The largest absolute Gasteiger partial charge is 0.493 e. The molecule has 2 aromatic rings. The van der Waals surface area contributed by atoms with E-state index in [0.717, 1.165) is 5.56 Å². The van der Waals surface area contributed by atoms with Gasteiger partial charge in [-0.15, -0.1) is 0 Å². The number of nitrogens with one attached hydrogen (secondary N) is 1. The summed E-state index contributed by atoms with van der Waals surface area (Å²) in [5.41, 5.74) is 6.56. The van der Waals surface area contributed by atoms with Gasteiger partial charge in [-0.2, -0.15) is 15.4 Å². The quantitative estimate of drug-likeness (QED) is 0.846. The maximum Gasteiger partial charge on any atom is 0.271 e. The van der Waals surface area contributed by atoms with Gasteiger partial charge in [-0.05, 0) is 30.9 Å². The molecule has 1 aliphatic carbocycles. The number of carbonyl (C=O) groups excluding carboxylic acids is 1. The second kappa shape index (κ2) is 4.72. The summed E-state index contributed by atoms with van der Waals surface area (Å²) in [5.74, 6) is 0.743. The number of benzene rings is 1. The molecule has 0 aliphatic heterocycles. The van der Waals surface area contributed by atoms with Gasteiger partial charge in [0.15, 0.2) is 5.69 Å². The highest BCUT2D eigenvalue weighted by molar-refractivity contribution is 5.97. The van der Waals surface area contributed by atoms with Crippen molar-refractivity contribution in [2.24, 2.45) is 11.7 Å². The fraction of sp³-hybridized carbons (Fsp3) is 0.308. The van der Waals surface area contributed by atoms with Crippen molar-refractivity contribution >= 4 is 5.91 Å². The SMILES string of the molecule is NC(=O)c1n[nH]nc1-c1ccccc1OCC1CC1. The molecular formula is C13H14N4O2. The number of nitrogens with two attached hydrogens (primary N) is 1.